The molecule has 142 valence electrons. The summed E-state index contributed by atoms with van der Waals surface area (Å²) in [5.41, 5.74) is 2.39. The number of H-pyrrole nitrogens is 1. The molecule has 6 nitrogen and oxygen atoms in total. The fourth-order valence-corrected chi connectivity index (χ4v) is 3.63. The van der Waals surface area contributed by atoms with Crippen LogP contribution in [0.1, 0.15) is 24.8 Å². The van der Waals surface area contributed by atoms with Crippen LogP contribution in [-0.2, 0) is 9.59 Å². The summed E-state index contributed by atoms with van der Waals surface area (Å²) in [6, 6.07) is 9.57. The Kier molecular flexibility index (Phi) is 4.60. The zero-order chi connectivity index (χ0) is 19.8. The van der Waals surface area contributed by atoms with Crippen molar-refractivity contribution >= 4 is 40.0 Å². The third kappa shape index (κ3) is 3.36. The summed E-state index contributed by atoms with van der Waals surface area (Å²) in [5.74, 6) is -1.93. The van der Waals surface area contributed by atoms with Crippen molar-refractivity contribution in [2.75, 3.05) is 5.32 Å². The number of hydrogen-bond donors (Lipinski definition) is 3. The lowest BCUT2D eigenvalue weighted by molar-refractivity contribution is -0.121. The Balaban J connectivity index is 1.69. The molecular formula is C20H16ClFN4O2. The average molecular weight is 399 g/mol. The minimum absolute atomic E-state index is 0.0284. The van der Waals surface area contributed by atoms with E-state index < -0.39 is 17.6 Å². The first-order valence-electron chi connectivity index (χ1n) is 8.62. The number of nitrogens with one attached hydrogen (secondary N) is 3. The normalized spacial score (nSPS) is 17.0. The van der Waals surface area contributed by atoms with Gasteiger partial charge in [-0.25, -0.2) is 4.39 Å². The van der Waals surface area contributed by atoms with Crippen molar-refractivity contribution in [1.29, 1.82) is 0 Å². The van der Waals surface area contributed by atoms with Crippen LogP contribution in [0.5, 0.6) is 0 Å². The van der Waals surface area contributed by atoms with E-state index in [1.54, 1.807) is 37.4 Å². The maximum Gasteiger partial charge on any atom is 0.253 e. The number of fused-ring (bicyclic) bond motifs is 1. The maximum atomic E-state index is 14.5. The Labute approximate surface area is 164 Å². The number of rotatable bonds is 3. The highest BCUT2D eigenvalue weighted by atomic mass is 35.5. The number of benzene rings is 2. The van der Waals surface area contributed by atoms with Crippen LogP contribution in [0.25, 0.3) is 10.9 Å². The number of carbonyl (C=O) groups excluding carboxylic acids is 2. The summed E-state index contributed by atoms with van der Waals surface area (Å²) in [5, 5.41) is 13.4. The number of allylic oxidation sites excluding steroid dienone is 1. The third-order valence-electron chi connectivity index (χ3n) is 4.75. The lowest BCUT2D eigenvalue weighted by Crippen LogP contribution is -2.35. The molecule has 28 heavy (non-hydrogen) atoms. The Bertz CT molecular complexity index is 1140. The van der Waals surface area contributed by atoms with Crippen molar-refractivity contribution in [3.05, 3.63) is 70.3 Å². The van der Waals surface area contributed by atoms with E-state index in [4.69, 9.17) is 11.6 Å². The summed E-state index contributed by atoms with van der Waals surface area (Å²) in [7, 11) is 0. The number of hydrogen-bond acceptors (Lipinski definition) is 3. The van der Waals surface area contributed by atoms with Crippen LogP contribution in [0.3, 0.4) is 0 Å². The van der Waals surface area contributed by atoms with Crippen LogP contribution in [0, 0.1) is 5.82 Å². The first kappa shape index (κ1) is 18.2. The van der Waals surface area contributed by atoms with Crippen molar-refractivity contribution < 1.29 is 14.0 Å². The number of nitrogens with zero attached hydrogens (tertiary/aromatic N) is 1. The fourth-order valence-electron chi connectivity index (χ4n) is 3.47. The zero-order valence-electron chi connectivity index (χ0n) is 14.8. The first-order chi connectivity index (χ1) is 13.4. The van der Waals surface area contributed by atoms with E-state index in [2.05, 4.69) is 20.8 Å². The third-order valence-corrected chi connectivity index (χ3v) is 4.98. The molecule has 0 radical (unpaired) electrons. The Morgan fingerprint density at radius 3 is 2.89 bits per heavy atom. The zero-order valence-corrected chi connectivity index (χ0v) is 15.6. The second kappa shape index (κ2) is 7.09. The number of aromatic nitrogens is 2. The Hall–Kier alpha value is -3.19. The monoisotopic (exact) mass is 398 g/mol. The van der Waals surface area contributed by atoms with Crippen LogP contribution >= 0.6 is 11.6 Å². The highest BCUT2D eigenvalue weighted by molar-refractivity contribution is 6.30. The molecule has 0 saturated heterocycles. The number of amides is 2. The van der Waals surface area contributed by atoms with Crippen LogP contribution < -0.4 is 10.6 Å². The van der Waals surface area contributed by atoms with Gasteiger partial charge in [-0.05, 0) is 42.8 Å². The predicted octanol–water partition coefficient (Wildman–Crippen LogP) is 3.87. The van der Waals surface area contributed by atoms with Gasteiger partial charge in [0.15, 0.2) is 0 Å². The molecule has 1 aliphatic heterocycles. The van der Waals surface area contributed by atoms with E-state index >= 15 is 0 Å². The lowest BCUT2D eigenvalue weighted by atomic mass is 9.83. The highest BCUT2D eigenvalue weighted by Gasteiger charge is 2.33. The van der Waals surface area contributed by atoms with Crippen molar-refractivity contribution in [3.8, 4) is 0 Å². The van der Waals surface area contributed by atoms with E-state index in [1.807, 2.05) is 0 Å². The fraction of sp³-hybridized carbons (Fsp3) is 0.150. The smallest absolute Gasteiger partial charge is 0.253 e. The molecule has 1 atom stereocenters. The van der Waals surface area contributed by atoms with Gasteiger partial charge in [-0.3, -0.25) is 14.7 Å². The number of anilines is 1. The summed E-state index contributed by atoms with van der Waals surface area (Å²) in [6.07, 6.45) is 1.63. The van der Waals surface area contributed by atoms with Gasteiger partial charge < -0.3 is 10.6 Å². The van der Waals surface area contributed by atoms with Crippen LogP contribution in [0.15, 0.2) is 53.9 Å². The Morgan fingerprint density at radius 1 is 1.29 bits per heavy atom. The van der Waals surface area contributed by atoms with Gasteiger partial charge in [-0.2, -0.15) is 5.10 Å². The van der Waals surface area contributed by atoms with Gasteiger partial charge in [-0.15, -0.1) is 0 Å². The molecule has 0 spiro atoms. The average Bonchev–Trinajstić information content (AvgIpc) is 3.08. The molecule has 0 fully saturated rings. The van der Waals surface area contributed by atoms with Gasteiger partial charge in [0.2, 0.25) is 5.91 Å². The molecule has 1 aliphatic rings. The summed E-state index contributed by atoms with van der Waals surface area (Å²) in [6.45, 7) is 1.63. The van der Waals surface area contributed by atoms with Crippen LogP contribution in [-0.4, -0.2) is 22.0 Å². The molecule has 0 saturated carbocycles. The van der Waals surface area contributed by atoms with E-state index in [0.29, 0.717) is 17.0 Å². The van der Waals surface area contributed by atoms with Crippen molar-refractivity contribution in [1.82, 2.24) is 15.5 Å². The van der Waals surface area contributed by atoms with Crippen molar-refractivity contribution in [2.24, 2.45) is 0 Å². The predicted molar refractivity (Wildman–Crippen MR) is 104 cm³/mol. The largest absolute Gasteiger partial charge is 0.330 e. The molecule has 0 bridgehead atoms. The van der Waals surface area contributed by atoms with Crippen molar-refractivity contribution in [3.63, 3.8) is 0 Å². The van der Waals surface area contributed by atoms with E-state index in [1.165, 1.54) is 12.1 Å². The molecule has 2 aromatic carbocycles. The second-order valence-corrected chi connectivity index (χ2v) is 7.07. The molecule has 8 heteroatoms. The van der Waals surface area contributed by atoms with Gasteiger partial charge in [0.1, 0.15) is 5.82 Å². The molecule has 2 amide bonds. The minimum Gasteiger partial charge on any atom is -0.330 e. The number of aromatic amines is 1. The van der Waals surface area contributed by atoms with Gasteiger partial charge in [0, 0.05) is 39.7 Å². The quantitative estimate of drug-likeness (QED) is 0.625. The lowest BCUT2D eigenvalue weighted by Gasteiger charge is -2.27. The molecule has 1 unspecified atom stereocenters. The van der Waals surface area contributed by atoms with E-state index in [0.717, 1.165) is 10.9 Å². The van der Waals surface area contributed by atoms with Gasteiger partial charge in [0.05, 0.1) is 11.7 Å². The van der Waals surface area contributed by atoms with Crippen LogP contribution in [0.2, 0.25) is 5.02 Å². The first-order valence-corrected chi connectivity index (χ1v) is 9.00. The van der Waals surface area contributed by atoms with Gasteiger partial charge >= 0.3 is 0 Å². The van der Waals surface area contributed by atoms with Gasteiger partial charge in [-0.1, -0.05) is 17.7 Å². The number of carbonyl (C=O) groups is 2. The molecule has 0 aliphatic carbocycles. The number of halogens is 2. The summed E-state index contributed by atoms with van der Waals surface area (Å²) in [4.78, 5) is 25.1. The van der Waals surface area contributed by atoms with Gasteiger partial charge in [0.25, 0.3) is 5.91 Å². The molecule has 1 aromatic heterocycles. The van der Waals surface area contributed by atoms with Crippen molar-refractivity contribution in [2.45, 2.75) is 19.3 Å². The highest BCUT2D eigenvalue weighted by Crippen LogP contribution is 2.35. The topological polar surface area (TPSA) is 86.9 Å². The molecule has 3 aromatic rings. The molecule has 4 rings (SSSR count). The van der Waals surface area contributed by atoms with E-state index in [9.17, 15) is 14.0 Å². The minimum atomic E-state index is -0.705. The van der Waals surface area contributed by atoms with E-state index in [-0.39, 0.29) is 22.9 Å². The SMILES string of the molecule is CC1=C(C(=O)Nc2ccc3[nH]ncc3c2)C(c2ccc(Cl)cc2F)CC(=O)N1. The maximum absolute atomic E-state index is 14.5. The summed E-state index contributed by atoms with van der Waals surface area (Å²) < 4.78 is 14.5. The molecular weight excluding hydrogens is 383 g/mol. The summed E-state index contributed by atoms with van der Waals surface area (Å²) >= 11 is 5.84. The van der Waals surface area contributed by atoms with Crippen LogP contribution in [0.4, 0.5) is 10.1 Å². The molecule has 2 heterocycles. The standard InChI is InChI=1S/C20H16ClFN4O2/c1-10-19(20(28)25-13-3-5-17-11(6-13)9-23-26-17)15(8-18(27)24-10)14-4-2-12(21)7-16(14)22/h2-7,9,15H,8H2,1H3,(H,23,26)(H,24,27)(H,25,28). The molecule has 3 N–H and O–H groups in total. The Morgan fingerprint density at radius 2 is 2.11 bits per heavy atom. The second-order valence-electron chi connectivity index (χ2n) is 6.64.